The van der Waals surface area contributed by atoms with Crippen molar-refractivity contribution < 1.29 is 9.18 Å². The highest BCUT2D eigenvalue weighted by Gasteiger charge is 2.18. The van der Waals surface area contributed by atoms with E-state index in [9.17, 15) is 9.18 Å². The maximum Gasteiger partial charge on any atom is 0.253 e. The zero-order chi connectivity index (χ0) is 13.4. The van der Waals surface area contributed by atoms with Crippen molar-refractivity contribution in [3.8, 4) is 11.1 Å². The first-order chi connectivity index (χ1) is 9.18. The number of fused-ring (bicyclic) bond motifs is 1. The van der Waals surface area contributed by atoms with Crippen LogP contribution in [0, 0.1) is 5.82 Å². The number of hydrogen-bond donors (Lipinski definition) is 2. The van der Waals surface area contributed by atoms with Gasteiger partial charge in [-0.25, -0.2) is 9.37 Å². The van der Waals surface area contributed by atoms with Gasteiger partial charge in [-0.2, -0.15) is 0 Å². The topological polar surface area (TPSA) is 84.7 Å². The molecule has 0 aliphatic rings. The Kier molecular flexibility index (Phi) is 2.49. The molecule has 0 spiro atoms. The predicted octanol–water partition coefficient (Wildman–Crippen LogP) is 1.86. The summed E-state index contributed by atoms with van der Waals surface area (Å²) in [7, 11) is 0. The molecule has 2 aromatic heterocycles. The van der Waals surface area contributed by atoms with Gasteiger partial charge in [0.25, 0.3) is 5.91 Å². The quantitative estimate of drug-likeness (QED) is 0.734. The van der Waals surface area contributed by atoms with Crippen molar-refractivity contribution in [2.75, 3.05) is 0 Å². The molecule has 0 atom stereocenters. The molecule has 3 rings (SSSR count). The summed E-state index contributed by atoms with van der Waals surface area (Å²) < 4.78 is 14.0. The number of primary amides is 1. The van der Waals surface area contributed by atoms with E-state index >= 15 is 0 Å². The highest BCUT2D eigenvalue weighted by atomic mass is 19.1. The van der Waals surface area contributed by atoms with Crippen LogP contribution in [-0.2, 0) is 0 Å². The summed E-state index contributed by atoms with van der Waals surface area (Å²) in [6, 6.07) is 4.75. The number of H-pyrrole nitrogens is 1. The van der Waals surface area contributed by atoms with Crippen molar-refractivity contribution in [1.29, 1.82) is 0 Å². The molecule has 1 amide bonds. The third-order valence-electron chi connectivity index (χ3n) is 2.89. The Morgan fingerprint density at radius 2 is 2.05 bits per heavy atom. The second kappa shape index (κ2) is 4.16. The van der Waals surface area contributed by atoms with E-state index in [-0.39, 0.29) is 5.56 Å². The first-order valence-corrected chi connectivity index (χ1v) is 5.54. The van der Waals surface area contributed by atoms with E-state index in [1.165, 1.54) is 12.4 Å². The van der Waals surface area contributed by atoms with Gasteiger partial charge in [-0.1, -0.05) is 0 Å². The molecule has 0 aliphatic heterocycles. The molecule has 19 heavy (non-hydrogen) atoms. The number of nitrogens with two attached hydrogens (primary N) is 1. The minimum atomic E-state index is -0.826. The summed E-state index contributed by atoms with van der Waals surface area (Å²) in [5, 5.41) is 0. The van der Waals surface area contributed by atoms with Gasteiger partial charge in [-0.3, -0.25) is 9.78 Å². The van der Waals surface area contributed by atoms with Crippen LogP contribution in [0.2, 0.25) is 0 Å². The molecule has 6 heteroatoms. The Hall–Kier alpha value is -2.76. The normalized spacial score (nSPS) is 10.8. The average molecular weight is 256 g/mol. The van der Waals surface area contributed by atoms with E-state index in [2.05, 4.69) is 15.0 Å². The van der Waals surface area contributed by atoms with E-state index < -0.39 is 11.7 Å². The third-order valence-corrected chi connectivity index (χ3v) is 2.89. The van der Waals surface area contributed by atoms with Crippen molar-refractivity contribution in [1.82, 2.24) is 15.0 Å². The number of pyridine rings is 1. The number of imidazole rings is 1. The zero-order valence-corrected chi connectivity index (χ0v) is 9.72. The van der Waals surface area contributed by atoms with Gasteiger partial charge in [-0.05, 0) is 23.8 Å². The Balaban J connectivity index is 2.37. The lowest BCUT2D eigenvalue weighted by atomic mass is 10.0. The van der Waals surface area contributed by atoms with E-state index in [1.807, 2.05) is 0 Å². The summed E-state index contributed by atoms with van der Waals surface area (Å²) in [4.78, 5) is 22.1. The number of nitrogens with zero attached hydrogens (tertiary/aromatic N) is 2. The van der Waals surface area contributed by atoms with Crippen molar-refractivity contribution in [2.45, 2.75) is 0 Å². The number of halogens is 1. The van der Waals surface area contributed by atoms with Crippen molar-refractivity contribution in [3.05, 3.63) is 48.3 Å². The SMILES string of the molecule is NC(=O)c1c(F)cc(-c2ccncc2)c2nc[nH]c12. The molecule has 2 heterocycles. The van der Waals surface area contributed by atoms with Gasteiger partial charge >= 0.3 is 0 Å². The molecular formula is C13H9FN4O. The Morgan fingerprint density at radius 1 is 1.32 bits per heavy atom. The highest BCUT2D eigenvalue weighted by molar-refractivity contribution is 6.07. The number of carbonyl (C=O) groups is 1. The van der Waals surface area contributed by atoms with Crippen LogP contribution in [0.5, 0.6) is 0 Å². The number of carbonyl (C=O) groups excluding carboxylic acids is 1. The molecule has 3 N–H and O–H groups in total. The van der Waals surface area contributed by atoms with Gasteiger partial charge in [0.15, 0.2) is 0 Å². The largest absolute Gasteiger partial charge is 0.365 e. The summed E-state index contributed by atoms with van der Waals surface area (Å²) in [6.45, 7) is 0. The number of aromatic amines is 1. The third kappa shape index (κ3) is 1.74. The predicted molar refractivity (Wildman–Crippen MR) is 67.8 cm³/mol. The monoisotopic (exact) mass is 256 g/mol. The van der Waals surface area contributed by atoms with Gasteiger partial charge in [0, 0.05) is 18.0 Å². The first-order valence-electron chi connectivity index (χ1n) is 5.54. The summed E-state index contributed by atoms with van der Waals surface area (Å²) >= 11 is 0. The average Bonchev–Trinajstić information content (AvgIpc) is 2.87. The van der Waals surface area contributed by atoms with Crippen LogP contribution in [-0.4, -0.2) is 20.9 Å². The lowest BCUT2D eigenvalue weighted by molar-refractivity contribution is 0.0998. The summed E-state index contributed by atoms with van der Waals surface area (Å²) in [5.74, 6) is -1.50. The molecule has 0 saturated heterocycles. The molecule has 3 aromatic rings. The molecular weight excluding hydrogens is 247 g/mol. The number of hydrogen-bond acceptors (Lipinski definition) is 3. The molecule has 0 aliphatic carbocycles. The van der Waals surface area contributed by atoms with E-state index in [0.717, 1.165) is 5.56 Å². The fourth-order valence-electron chi connectivity index (χ4n) is 2.07. The molecule has 0 fully saturated rings. The number of rotatable bonds is 2. The molecule has 94 valence electrons. The van der Waals surface area contributed by atoms with Crippen LogP contribution in [0.15, 0.2) is 36.9 Å². The number of nitrogens with one attached hydrogen (secondary N) is 1. The number of aromatic nitrogens is 3. The minimum Gasteiger partial charge on any atom is -0.365 e. The number of benzene rings is 1. The van der Waals surface area contributed by atoms with E-state index in [1.54, 1.807) is 24.5 Å². The van der Waals surface area contributed by atoms with Gasteiger partial charge in [0.2, 0.25) is 0 Å². The minimum absolute atomic E-state index is 0.176. The van der Waals surface area contributed by atoms with Crippen LogP contribution >= 0.6 is 0 Å². The van der Waals surface area contributed by atoms with Gasteiger partial charge < -0.3 is 10.7 Å². The van der Waals surface area contributed by atoms with Crippen LogP contribution < -0.4 is 5.73 Å². The van der Waals surface area contributed by atoms with Gasteiger partial charge in [0.1, 0.15) is 11.4 Å². The highest BCUT2D eigenvalue weighted by Crippen LogP contribution is 2.30. The molecule has 0 unspecified atom stereocenters. The van der Waals surface area contributed by atoms with Crippen LogP contribution in [0.25, 0.3) is 22.2 Å². The van der Waals surface area contributed by atoms with E-state index in [4.69, 9.17) is 5.73 Å². The Bertz CT molecular complexity index is 767. The Labute approximate surface area is 107 Å². The first kappa shape index (κ1) is 11.3. The van der Waals surface area contributed by atoms with Gasteiger partial charge in [0.05, 0.1) is 17.4 Å². The van der Waals surface area contributed by atoms with Crippen molar-refractivity contribution >= 4 is 16.9 Å². The van der Waals surface area contributed by atoms with Gasteiger partial charge in [-0.15, -0.1) is 0 Å². The second-order valence-corrected chi connectivity index (χ2v) is 4.01. The zero-order valence-electron chi connectivity index (χ0n) is 9.72. The molecule has 0 radical (unpaired) electrons. The maximum absolute atomic E-state index is 14.0. The maximum atomic E-state index is 14.0. The molecule has 5 nitrogen and oxygen atoms in total. The van der Waals surface area contributed by atoms with Crippen LogP contribution in [0.1, 0.15) is 10.4 Å². The molecule has 0 saturated carbocycles. The fourth-order valence-corrected chi connectivity index (χ4v) is 2.07. The lowest BCUT2D eigenvalue weighted by Gasteiger charge is -2.06. The molecule has 0 bridgehead atoms. The standard InChI is InChI=1S/C13H9FN4O/c14-9-5-8(7-1-3-16-4-2-7)11-12(18-6-17-11)10(9)13(15)19/h1-6H,(H2,15,19)(H,17,18). The number of amides is 1. The summed E-state index contributed by atoms with van der Waals surface area (Å²) in [5.41, 5.74) is 7.17. The Morgan fingerprint density at radius 3 is 2.74 bits per heavy atom. The van der Waals surface area contributed by atoms with Crippen LogP contribution in [0.3, 0.4) is 0 Å². The second-order valence-electron chi connectivity index (χ2n) is 4.01. The van der Waals surface area contributed by atoms with Crippen LogP contribution in [0.4, 0.5) is 4.39 Å². The smallest absolute Gasteiger partial charge is 0.253 e. The summed E-state index contributed by atoms with van der Waals surface area (Å²) in [6.07, 6.45) is 4.61. The van der Waals surface area contributed by atoms with Crippen molar-refractivity contribution in [3.63, 3.8) is 0 Å². The lowest BCUT2D eigenvalue weighted by Crippen LogP contribution is -2.14. The fraction of sp³-hybridized carbons (Fsp3) is 0. The van der Waals surface area contributed by atoms with E-state index in [0.29, 0.717) is 16.6 Å². The van der Waals surface area contributed by atoms with Crippen molar-refractivity contribution in [2.24, 2.45) is 5.73 Å². The molecule has 1 aromatic carbocycles.